The molecule has 3 heteroatoms. The molecule has 0 spiro atoms. The van der Waals surface area contributed by atoms with Gasteiger partial charge in [0.15, 0.2) is 0 Å². The third kappa shape index (κ3) is 7.07. The summed E-state index contributed by atoms with van der Waals surface area (Å²) in [5.74, 6) is 8.33. The normalized spacial score (nSPS) is 11.6. The van der Waals surface area contributed by atoms with E-state index in [4.69, 9.17) is 9.47 Å². The van der Waals surface area contributed by atoms with Gasteiger partial charge in [0, 0.05) is 0 Å². The van der Waals surface area contributed by atoms with E-state index in [2.05, 4.69) is 41.5 Å². The van der Waals surface area contributed by atoms with Crippen LogP contribution in [0.25, 0.3) is 0 Å². The average molecular weight is 311 g/mol. The van der Waals surface area contributed by atoms with E-state index >= 15 is 0 Å². The summed E-state index contributed by atoms with van der Waals surface area (Å²) in [6, 6.07) is 8.50. The Morgan fingerprint density at radius 3 is 2.22 bits per heavy atom. The summed E-state index contributed by atoms with van der Waals surface area (Å²) < 4.78 is 10.8. The first kappa shape index (κ1) is 15.6. The molecule has 2 nitrogen and oxygen atoms in total. The van der Waals surface area contributed by atoms with Gasteiger partial charge in [-0.15, -0.1) is 0 Å². The van der Waals surface area contributed by atoms with Crippen LogP contribution in [0.4, 0.5) is 0 Å². The van der Waals surface area contributed by atoms with Crippen molar-refractivity contribution in [2.45, 2.75) is 35.9 Å². The van der Waals surface area contributed by atoms with Gasteiger partial charge in [-0.25, -0.2) is 0 Å². The van der Waals surface area contributed by atoms with Gasteiger partial charge in [-0.1, -0.05) is 0 Å². The van der Waals surface area contributed by atoms with Crippen LogP contribution in [-0.2, 0) is 11.2 Å². The van der Waals surface area contributed by atoms with Crippen molar-refractivity contribution < 1.29 is 9.47 Å². The van der Waals surface area contributed by atoms with Gasteiger partial charge in [0.25, 0.3) is 0 Å². The number of hydrogen-bond acceptors (Lipinski definition) is 2. The minimum atomic E-state index is -1.40. The quantitative estimate of drug-likeness (QED) is 0.534. The van der Waals surface area contributed by atoms with Crippen LogP contribution in [0.2, 0.25) is 22.5 Å². The van der Waals surface area contributed by atoms with Crippen molar-refractivity contribution in [3.8, 4) is 5.75 Å². The van der Waals surface area contributed by atoms with Crippen molar-refractivity contribution in [2.75, 3.05) is 19.8 Å². The van der Waals surface area contributed by atoms with E-state index in [0.717, 1.165) is 12.4 Å². The Labute approximate surface area is 114 Å². The van der Waals surface area contributed by atoms with Crippen molar-refractivity contribution in [3.05, 3.63) is 29.8 Å². The molecule has 0 saturated carbocycles. The first-order valence-corrected chi connectivity index (χ1v) is 14.6. The Morgan fingerprint density at radius 2 is 1.67 bits per heavy atom. The van der Waals surface area contributed by atoms with Crippen molar-refractivity contribution in [3.63, 3.8) is 0 Å². The van der Waals surface area contributed by atoms with Gasteiger partial charge in [0.1, 0.15) is 0 Å². The Balaban J connectivity index is 2.33. The number of ether oxygens (including phenoxy) is 2. The molecular weight excluding hydrogens is 285 g/mol. The summed E-state index contributed by atoms with van der Waals surface area (Å²) in [5.41, 5.74) is 1.42. The topological polar surface area (TPSA) is 18.5 Å². The minimum absolute atomic E-state index is 0.629. The van der Waals surface area contributed by atoms with E-state index < -0.39 is 13.3 Å². The summed E-state index contributed by atoms with van der Waals surface area (Å²) in [4.78, 5) is 0. The second-order valence-corrected chi connectivity index (χ2v) is 17.5. The monoisotopic (exact) mass is 312 g/mol. The van der Waals surface area contributed by atoms with E-state index in [1.54, 1.807) is 0 Å². The molecule has 0 aliphatic heterocycles. The van der Waals surface area contributed by atoms with Crippen LogP contribution in [0.15, 0.2) is 24.3 Å². The predicted octanol–water partition coefficient (Wildman–Crippen LogP) is 3.98. The van der Waals surface area contributed by atoms with Crippen LogP contribution in [0.1, 0.15) is 12.5 Å². The Morgan fingerprint density at radius 1 is 1.00 bits per heavy atom. The molecule has 0 amide bonds. The average Bonchev–Trinajstić information content (AvgIpc) is 2.33. The molecule has 0 bridgehead atoms. The molecule has 0 heterocycles. The Hall–Kier alpha value is -0.477. The molecule has 102 valence electrons. The summed E-state index contributed by atoms with van der Waals surface area (Å²) in [7, 11) is 0. The molecular formula is C15H26GeO2. The molecule has 0 aliphatic rings. The maximum absolute atomic E-state index is 5.60. The SMILES string of the molecule is CCOCCOc1ccc(C[CH2][Ge]([CH3])([CH3])[CH3])cc1. The van der Waals surface area contributed by atoms with E-state index in [-0.39, 0.29) is 0 Å². The van der Waals surface area contributed by atoms with Gasteiger partial charge >= 0.3 is 114 Å². The first-order chi connectivity index (χ1) is 8.51. The molecule has 0 saturated heterocycles. The summed E-state index contributed by atoms with van der Waals surface area (Å²) >= 11 is -1.40. The Bertz CT molecular complexity index is 327. The summed E-state index contributed by atoms with van der Waals surface area (Å²) in [6.45, 7) is 4.04. The van der Waals surface area contributed by atoms with Crippen molar-refractivity contribution in [1.29, 1.82) is 0 Å². The second kappa shape index (κ2) is 7.85. The van der Waals surface area contributed by atoms with Crippen molar-refractivity contribution in [1.82, 2.24) is 0 Å². The van der Waals surface area contributed by atoms with E-state index in [0.29, 0.717) is 13.2 Å². The zero-order valence-corrected chi connectivity index (χ0v) is 14.3. The second-order valence-electron chi connectivity index (χ2n) is 5.75. The standard InChI is InChI=1S/C15H26GeO2/c1-5-17-12-13-18-15-8-6-14(7-9-15)10-11-16(2,3)4/h6-9H,5,10-13H2,1-4H3. The van der Waals surface area contributed by atoms with Gasteiger partial charge in [-0.2, -0.15) is 0 Å². The van der Waals surface area contributed by atoms with Crippen LogP contribution in [0, 0.1) is 0 Å². The van der Waals surface area contributed by atoms with Gasteiger partial charge in [-0.05, 0) is 0 Å². The zero-order chi connectivity index (χ0) is 13.4. The molecule has 0 unspecified atom stereocenters. The molecule has 0 fully saturated rings. The van der Waals surface area contributed by atoms with E-state index in [9.17, 15) is 0 Å². The third-order valence-electron chi connectivity index (χ3n) is 2.79. The molecule has 0 aliphatic carbocycles. The van der Waals surface area contributed by atoms with Gasteiger partial charge < -0.3 is 0 Å². The van der Waals surface area contributed by atoms with E-state index in [1.807, 2.05) is 6.92 Å². The van der Waals surface area contributed by atoms with Crippen molar-refractivity contribution >= 4 is 13.3 Å². The number of hydrogen-bond donors (Lipinski definition) is 0. The fourth-order valence-electron chi connectivity index (χ4n) is 1.63. The number of benzene rings is 1. The van der Waals surface area contributed by atoms with E-state index in [1.165, 1.54) is 17.2 Å². The van der Waals surface area contributed by atoms with Crippen LogP contribution >= 0.6 is 0 Å². The number of aryl methyl sites for hydroxylation is 1. The Kier molecular flexibility index (Phi) is 6.79. The fraction of sp³-hybridized carbons (Fsp3) is 0.600. The summed E-state index contributed by atoms with van der Waals surface area (Å²) in [6.07, 6.45) is 1.21. The summed E-state index contributed by atoms with van der Waals surface area (Å²) in [5, 5.41) is 1.39. The molecule has 0 aromatic heterocycles. The first-order valence-electron chi connectivity index (χ1n) is 6.81. The third-order valence-corrected chi connectivity index (χ3v) is 6.46. The number of rotatable bonds is 8. The van der Waals surface area contributed by atoms with Gasteiger partial charge in [0.2, 0.25) is 0 Å². The molecule has 1 rings (SSSR count). The van der Waals surface area contributed by atoms with Gasteiger partial charge in [-0.3, -0.25) is 0 Å². The van der Waals surface area contributed by atoms with Gasteiger partial charge in [0.05, 0.1) is 0 Å². The van der Waals surface area contributed by atoms with Crippen molar-refractivity contribution in [2.24, 2.45) is 0 Å². The van der Waals surface area contributed by atoms with Crippen LogP contribution in [0.3, 0.4) is 0 Å². The molecule has 0 N–H and O–H groups in total. The van der Waals surface area contributed by atoms with Crippen LogP contribution < -0.4 is 4.74 Å². The zero-order valence-electron chi connectivity index (χ0n) is 12.2. The fourth-order valence-corrected chi connectivity index (χ4v) is 3.81. The molecule has 1 aromatic rings. The van der Waals surface area contributed by atoms with Crippen LogP contribution in [-0.4, -0.2) is 33.1 Å². The molecule has 0 radical (unpaired) electrons. The predicted molar refractivity (Wildman–Crippen MR) is 80.3 cm³/mol. The maximum atomic E-state index is 5.60. The molecule has 18 heavy (non-hydrogen) atoms. The van der Waals surface area contributed by atoms with Crippen LogP contribution in [0.5, 0.6) is 5.75 Å². The molecule has 1 aromatic carbocycles. The molecule has 0 atom stereocenters.